The molecule has 0 atom stereocenters. The van der Waals surface area contributed by atoms with Crippen molar-refractivity contribution in [3.8, 4) is 5.75 Å². The third kappa shape index (κ3) is 3.75. The Morgan fingerprint density at radius 1 is 1.09 bits per heavy atom. The van der Waals surface area contributed by atoms with Gasteiger partial charge in [-0.05, 0) is 37.6 Å². The number of aryl methyl sites for hydroxylation is 2. The normalized spacial score (nSPS) is 15.4. The number of fused-ring (bicyclic) bond motifs is 1. The number of hydrogen-bond acceptors (Lipinski definition) is 7. The molecule has 0 spiro atoms. The number of piperazine rings is 1. The molecular weight excluding hydrogens is 432 g/mol. The van der Waals surface area contributed by atoms with Crippen LogP contribution in [0.25, 0.3) is 11.0 Å². The molecule has 1 aliphatic heterocycles. The number of methoxy groups -OCH3 is 1. The van der Waals surface area contributed by atoms with Crippen molar-refractivity contribution in [3.63, 3.8) is 0 Å². The predicted molar refractivity (Wildman–Crippen MR) is 122 cm³/mol. The Kier molecular flexibility index (Phi) is 5.95. The molecule has 3 heterocycles. The van der Waals surface area contributed by atoms with Crippen LogP contribution in [0.1, 0.15) is 19.0 Å². The number of ether oxygens (including phenoxy) is 1. The summed E-state index contributed by atoms with van der Waals surface area (Å²) in [6.07, 6.45) is 0.780. The second-order valence-electron chi connectivity index (χ2n) is 7.84. The Morgan fingerprint density at radius 3 is 2.34 bits per heavy atom. The highest BCUT2D eigenvalue weighted by Crippen LogP contribution is 2.23. The van der Waals surface area contributed by atoms with E-state index in [9.17, 15) is 13.2 Å². The van der Waals surface area contributed by atoms with Crippen molar-refractivity contribution in [2.24, 2.45) is 7.05 Å². The van der Waals surface area contributed by atoms with Crippen LogP contribution in [0.3, 0.4) is 0 Å². The topological polar surface area (TPSA) is 103 Å². The molecule has 3 aromatic rings. The van der Waals surface area contributed by atoms with Crippen LogP contribution in [0.4, 0.5) is 5.95 Å². The minimum absolute atomic E-state index is 0.122. The number of rotatable bonds is 6. The molecule has 10 nitrogen and oxygen atoms in total. The first-order valence-electron chi connectivity index (χ1n) is 10.6. The largest absolute Gasteiger partial charge is 0.497 e. The number of anilines is 1. The molecule has 11 heteroatoms. The van der Waals surface area contributed by atoms with Crippen molar-refractivity contribution in [3.05, 3.63) is 40.3 Å². The minimum Gasteiger partial charge on any atom is -0.497 e. The molecule has 0 unspecified atom stereocenters. The maximum absolute atomic E-state index is 13.2. The summed E-state index contributed by atoms with van der Waals surface area (Å²) in [5.41, 5.74) is 1.65. The molecule has 1 fully saturated rings. The Morgan fingerprint density at radius 2 is 1.75 bits per heavy atom. The van der Waals surface area contributed by atoms with Gasteiger partial charge < -0.3 is 9.64 Å². The fourth-order valence-corrected chi connectivity index (χ4v) is 5.51. The Hall–Kier alpha value is -2.92. The summed E-state index contributed by atoms with van der Waals surface area (Å²) < 4.78 is 36.0. The highest BCUT2D eigenvalue weighted by Gasteiger charge is 2.30. The summed E-state index contributed by atoms with van der Waals surface area (Å²) in [6, 6.07) is 6.39. The van der Waals surface area contributed by atoms with Crippen molar-refractivity contribution in [1.29, 1.82) is 0 Å². The lowest BCUT2D eigenvalue weighted by atomic mass is 10.3. The van der Waals surface area contributed by atoms with Gasteiger partial charge in [0, 0.05) is 39.8 Å². The molecule has 172 valence electrons. The quantitative estimate of drug-likeness (QED) is 0.547. The molecule has 0 N–H and O–H groups in total. The average Bonchev–Trinajstić information content (AvgIpc) is 3.09. The molecule has 32 heavy (non-hydrogen) atoms. The molecule has 0 aliphatic carbocycles. The smallest absolute Gasteiger partial charge is 0.281 e. The van der Waals surface area contributed by atoms with E-state index in [1.54, 1.807) is 47.7 Å². The summed E-state index contributed by atoms with van der Waals surface area (Å²) in [6.45, 7) is 5.87. The first kappa shape index (κ1) is 22.3. The monoisotopic (exact) mass is 460 g/mol. The summed E-state index contributed by atoms with van der Waals surface area (Å²) in [5, 5.41) is 4.35. The third-order valence-corrected chi connectivity index (χ3v) is 7.67. The fraction of sp³-hybridized carbons (Fsp3) is 0.476. The van der Waals surface area contributed by atoms with Gasteiger partial charge in [0.05, 0.1) is 17.7 Å². The van der Waals surface area contributed by atoms with Gasteiger partial charge >= 0.3 is 0 Å². The van der Waals surface area contributed by atoms with Gasteiger partial charge in [-0.2, -0.15) is 9.40 Å². The summed E-state index contributed by atoms with van der Waals surface area (Å²) in [5.74, 6) is 1.18. The highest BCUT2D eigenvalue weighted by atomic mass is 32.2. The van der Waals surface area contributed by atoms with Crippen LogP contribution in [-0.2, 0) is 23.6 Å². The zero-order chi connectivity index (χ0) is 23.0. The van der Waals surface area contributed by atoms with Crippen molar-refractivity contribution < 1.29 is 13.2 Å². The second kappa shape index (κ2) is 8.55. The number of nitrogens with zero attached hydrogens (tertiary/aromatic N) is 6. The summed E-state index contributed by atoms with van der Waals surface area (Å²) >= 11 is 0. The molecule has 0 bridgehead atoms. The van der Waals surface area contributed by atoms with E-state index in [1.165, 1.54) is 4.31 Å². The van der Waals surface area contributed by atoms with Crippen LogP contribution in [0.15, 0.2) is 34.0 Å². The van der Waals surface area contributed by atoms with E-state index >= 15 is 0 Å². The van der Waals surface area contributed by atoms with Crippen LogP contribution in [0, 0.1) is 6.92 Å². The molecule has 4 rings (SSSR count). The summed E-state index contributed by atoms with van der Waals surface area (Å²) in [7, 11) is -0.322. The van der Waals surface area contributed by atoms with E-state index in [0.29, 0.717) is 61.1 Å². The zero-order valence-corrected chi connectivity index (χ0v) is 19.6. The van der Waals surface area contributed by atoms with Crippen LogP contribution in [0.5, 0.6) is 5.75 Å². The van der Waals surface area contributed by atoms with Gasteiger partial charge in [-0.15, -0.1) is 0 Å². The van der Waals surface area contributed by atoms with Crippen LogP contribution in [0.2, 0.25) is 0 Å². The van der Waals surface area contributed by atoms with E-state index in [-0.39, 0.29) is 10.5 Å². The van der Waals surface area contributed by atoms with Crippen LogP contribution < -0.4 is 15.2 Å². The SMILES string of the molecule is CCCn1c(N2CCN(S(=O)(=O)c3ccc(OC)cc3)CC2)nc2c(C)nn(C)c2c1=O. The van der Waals surface area contributed by atoms with Crippen LogP contribution >= 0.6 is 0 Å². The highest BCUT2D eigenvalue weighted by molar-refractivity contribution is 7.89. The third-order valence-electron chi connectivity index (χ3n) is 5.76. The number of hydrogen-bond donors (Lipinski definition) is 0. The lowest BCUT2D eigenvalue weighted by Gasteiger charge is -2.35. The molecule has 0 amide bonds. The standard InChI is InChI=1S/C21H28N6O4S/c1-5-10-27-20(28)19-18(15(2)23-24(19)3)22-21(27)25-11-13-26(14-12-25)32(29,30)17-8-6-16(31-4)7-9-17/h6-9H,5,10-14H2,1-4H3. The predicted octanol–water partition coefficient (Wildman–Crippen LogP) is 1.37. The maximum atomic E-state index is 13.2. The first-order valence-corrected chi connectivity index (χ1v) is 12.0. The van der Waals surface area contributed by atoms with Gasteiger partial charge in [-0.25, -0.2) is 13.4 Å². The van der Waals surface area contributed by atoms with Crippen molar-refractivity contribution in [1.82, 2.24) is 23.6 Å². The van der Waals surface area contributed by atoms with E-state index < -0.39 is 10.0 Å². The van der Waals surface area contributed by atoms with Gasteiger partial charge in [-0.1, -0.05) is 6.92 Å². The van der Waals surface area contributed by atoms with Crippen molar-refractivity contribution in [2.45, 2.75) is 31.7 Å². The molecular formula is C21H28N6O4S. The van der Waals surface area contributed by atoms with Crippen molar-refractivity contribution >= 4 is 27.0 Å². The number of sulfonamides is 1. The van der Waals surface area contributed by atoms with E-state index in [2.05, 4.69) is 5.10 Å². The lowest BCUT2D eigenvalue weighted by Crippen LogP contribution is -2.50. The molecule has 1 aliphatic rings. The van der Waals surface area contributed by atoms with Gasteiger partial charge in [0.1, 0.15) is 11.3 Å². The van der Waals surface area contributed by atoms with Crippen LogP contribution in [-0.4, -0.2) is 65.3 Å². The van der Waals surface area contributed by atoms with Gasteiger partial charge in [-0.3, -0.25) is 14.0 Å². The average molecular weight is 461 g/mol. The number of benzene rings is 1. The van der Waals surface area contributed by atoms with Gasteiger partial charge in [0.2, 0.25) is 16.0 Å². The first-order chi connectivity index (χ1) is 15.3. The Labute approximate surface area is 187 Å². The molecule has 2 aromatic heterocycles. The van der Waals surface area contributed by atoms with E-state index in [1.807, 2.05) is 18.7 Å². The molecule has 1 aromatic carbocycles. The van der Waals surface area contributed by atoms with Gasteiger partial charge in [0.15, 0.2) is 5.52 Å². The van der Waals surface area contributed by atoms with Gasteiger partial charge in [0.25, 0.3) is 5.56 Å². The van der Waals surface area contributed by atoms with E-state index in [4.69, 9.17) is 9.72 Å². The lowest BCUT2D eigenvalue weighted by molar-refractivity contribution is 0.379. The second-order valence-corrected chi connectivity index (χ2v) is 9.78. The summed E-state index contributed by atoms with van der Waals surface area (Å²) in [4.78, 5) is 20.2. The maximum Gasteiger partial charge on any atom is 0.281 e. The fourth-order valence-electron chi connectivity index (χ4n) is 4.09. The molecule has 0 radical (unpaired) electrons. The van der Waals surface area contributed by atoms with Crippen molar-refractivity contribution in [2.75, 3.05) is 38.2 Å². The minimum atomic E-state index is -3.61. The Bertz CT molecular complexity index is 1290. The molecule has 1 saturated heterocycles. The molecule has 0 saturated carbocycles. The van der Waals surface area contributed by atoms with E-state index in [0.717, 1.165) is 6.42 Å². The Balaban J connectivity index is 1.62. The number of aromatic nitrogens is 4. The zero-order valence-electron chi connectivity index (χ0n) is 18.8.